The molecule has 0 saturated carbocycles. The molecule has 1 aliphatic heterocycles. The second-order valence-electron chi connectivity index (χ2n) is 5.77. The number of carbonyl (C=O) groups is 1. The molecule has 0 amide bonds. The lowest BCUT2D eigenvalue weighted by molar-refractivity contribution is -0.133. The van der Waals surface area contributed by atoms with E-state index in [4.69, 9.17) is 5.11 Å². The van der Waals surface area contributed by atoms with Crippen LogP contribution in [0.3, 0.4) is 0 Å². The molecule has 21 heavy (non-hydrogen) atoms. The molecule has 0 radical (unpaired) electrons. The molecule has 1 aromatic rings. The first-order valence-corrected chi connectivity index (χ1v) is 8.67. The van der Waals surface area contributed by atoms with Crippen LogP contribution < -0.4 is 0 Å². The van der Waals surface area contributed by atoms with E-state index in [-0.39, 0.29) is 5.75 Å². The molecule has 1 N–H and O–H groups in total. The van der Waals surface area contributed by atoms with Crippen LogP contribution >= 0.6 is 11.8 Å². The number of likely N-dealkylation sites (tertiary alicyclic amines) is 1. The van der Waals surface area contributed by atoms with Crippen LogP contribution in [0.15, 0.2) is 11.4 Å². The molecular formula is C15H25N3O2S. The average molecular weight is 311 g/mol. The fourth-order valence-electron chi connectivity index (χ4n) is 2.86. The maximum atomic E-state index is 10.7. The SMILES string of the molecule is Cc1cn(CCCN2CCCCC2C)c(SCC(=O)O)n1. The molecule has 118 valence electrons. The van der Waals surface area contributed by atoms with Crippen LogP contribution in [0.1, 0.15) is 38.3 Å². The highest BCUT2D eigenvalue weighted by molar-refractivity contribution is 7.99. The Kier molecular flexibility index (Phi) is 6.11. The Balaban J connectivity index is 1.83. The first-order chi connectivity index (χ1) is 10.1. The highest BCUT2D eigenvalue weighted by Crippen LogP contribution is 2.19. The lowest BCUT2D eigenvalue weighted by Gasteiger charge is -2.33. The summed E-state index contributed by atoms with van der Waals surface area (Å²) in [5, 5.41) is 9.60. The minimum atomic E-state index is -0.797. The number of thioether (sulfide) groups is 1. The number of hydrogen-bond acceptors (Lipinski definition) is 4. The van der Waals surface area contributed by atoms with E-state index in [1.54, 1.807) is 0 Å². The third kappa shape index (κ3) is 5.04. The van der Waals surface area contributed by atoms with Crippen molar-refractivity contribution >= 4 is 17.7 Å². The second-order valence-corrected chi connectivity index (χ2v) is 6.72. The molecule has 0 bridgehead atoms. The van der Waals surface area contributed by atoms with E-state index >= 15 is 0 Å². The zero-order valence-electron chi connectivity index (χ0n) is 12.9. The lowest BCUT2D eigenvalue weighted by Crippen LogP contribution is -2.38. The van der Waals surface area contributed by atoms with Crippen molar-refractivity contribution in [2.24, 2.45) is 0 Å². The standard InChI is InChI=1S/C15H25N3O2S/c1-12-10-18(15(16-12)21-11-14(19)20)9-5-8-17-7-4-3-6-13(17)2/h10,13H,3-9,11H2,1-2H3,(H,19,20). The normalized spacial score (nSPS) is 19.8. The van der Waals surface area contributed by atoms with Crippen LogP contribution in [0.5, 0.6) is 0 Å². The monoisotopic (exact) mass is 311 g/mol. The molecular weight excluding hydrogens is 286 g/mol. The number of aromatic nitrogens is 2. The van der Waals surface area contributed by atoms with Gasteiger partial charge in [-0.3, -0.25) is 4.79 Å². The minimum Gasteiger partial charge on any atom is -0.481 e. The van der Waals surface area contributed by atoms with Gasteiger partial charge in [-0.25, -0.2) is 4.98 Å². The molecule has 0 aliphatic carbocycles. The van der Waals surface area contributed by atoms with Gasteiger partial charge < -0.3 is 14.6 Å². The summed E-state index contributed by atoms with van der Waals surface area (Å²) in [7, 11) is 0. The fraction of sp³-hybridized carbons (Fsp3) is 0.733. The van der Waals surface area contributed by atoms with E-state index in [1.165, 1.54) is 37.6 Å². The van der Waals surface area contributed by atoms with Crippen LogP contribution in [0.25, 0.3) is 0 Å². The largest absolute Gasteiger partial charge is 0.481 e. The van der Waals surface area contributed by atoms with Crippen molar-refractivity contribution in [3.63, 3.8) is 0 Å². The number of carboxylic acids is 1. The average Bonchev–Trinajstić information content (AvgIpc) is 2.79. The van der Waals surface area contributed by atoms with Crippen molar-refractivity contribution < 1.29 is 9.90 Å². The quantitative estimate of drug-likeness (QED) is 0.785. The summed E-state index contributed by atoms with van der Waals surface area (Å²) in [5.41, 5.74) is 0.953. The Labute approximate surface area is 130 Å². The molecule has 1 aliphatic rings. The summed E-state index contributed by atoms with van der Waals surface area (Å²) in [6, 6.07) is 0.698. The molecule has 1 saturated heterocycles. The van der Waals surface area contributed by atoms with Crippen molar-refractivity contribution in [3.8, 4) is 0 Å². The van der Waals surface area contributed by atoms with E-state index in [9.17, 15) is 4.79 Å². The Hall–Kier alpha value is -1.01. The zero-order chi connectivity index (χ0) is 15.2. The molecule has 0 aromatic carbocycles. The zero-order valence-corrected chi connectivity index (χ0v) is 13.7. The van der Waals surface area contributed by atoms with Gasteiger partial charge in [0.2, 0.25) is 0 Å². The predicted molar refractivity (Wildman–Crippen MR) is 84.8 cm³/mol. The van der Waals surface area contributed by atoms with Gasteiger partial charge in [0.25, 0.3) is 0 Å². The first kappa shape index (κ1) is 16.4. The van der Waals surface area contributed by atoms with Gasteiger partial charge in [0.15, 0.2) is 5.16 Å². The first-order valence-electron chi connectivity index (χ1n) is 7.68. The third-order valence-corrected chi connectivity index (χ3v) is 4.95. The predicted octanol–water partition coefficient (Wildman–Crippen LogP) is 2.63. The van der Waals surface area contributed by atoms with Crippen LogP contribution in [-0.4, -0.2) is 50.4 Å². The number of piperidine rings is 1. The van der Waals surface area contributed by atoms with Gasteiger partial charge in [0, 0.05) is 25.3 Å². The van der Waals surface area contributed by atoms with Crippen molar-refractivity contribution in [2.45, 2.75) is 57.3 Å². The fourth-order valence-corrected chi connectivity index (χ4v) is 3.63. The van der Waals surface area contributed by atoms with Crippen molar-refractivity contribution in [1.29, 1.82) is 0 Å². The summed E-state index contributed by atoms with van der Waals surface area (Å²) < 4.78 is 2.09. The van der Waals surface area contributed by atoms with Crippen LogP contribution in [0.4, 0.5) is 0 Å². The van der Waals surface area contributed by atoms with E-state index in [0.29, 0.717) is 6.04 Å². The molecule has 1 unspecified atom stereocenters. The molecule has 1 aromatic heterocycles. The minimum absolute atomic E-state index is 0.0691. The maximum absolute atomic E-state index is 10.7. The molecule has 2 rings (SSSR count). The Morgan fingerprint density at radius 2 is 2.29 bits per heavy atom. The summed E-state index contributed by atoms with van der Waals surface area (Å²) in [6.45, 7) is 7.50. The summed E-state index contributed by atoms with van der Waals surface area (Å²) in [5.74, 6) is -0.728. The Morgan fingerprint density at radius 1 is 1.48 bits per heavy atom. The topological polar surface area (TPSA) is 58.4 Å². The van der Waals surface area contributed by atoms with E-state index in [2.05, 4.69) is 21.4 Å². The van der Waals surface area contributed by atoms with Gasteiger partial charge in [-0.2, -0.15) is 0 Å². The number of nitrogens with zero attached hydrogens (tertiary/aromatic N) is 3. The van der Waals surface area contributed by atoms with E-state index in [0.717, 1.165) is 30.4 Å². The van der Waals surface area contributed by atoms with Gasteiger partial charge in [0.05, 0.1) is 11.4 Å². The van der Waals surface area contributed by atoms with Crippen LogP contribution in [-0.2, 0) is 11.3 Å². The van der Waals surface area contributed by atoms with Crippen LogP contribution in [0.2, 0.25) is 0 Å². The summed E-state index contributed by atoms with van der Waals surface area (Å²) in [4.78, 5) is 17.7. The van der Waals surface area contributed by atoms with Gasteiger partial charge in [-0.1, -0.05) is 18.2 Å². The number of imidazole rings is 1. The molecule has 1 atom stereocenters. The van der Waals surface area contributed by atoms with E-state index < -0.39 is 5.97 Å². The maximum Gasteiger partial charge on any atom is 0.313 e. The number of aliphatic carboxylic acids is 1. The lowest BCUT2D eigenvalue weighted by atomic mass is 10.0. The highest BCUT2D eigenvalue weighted by Gasteiger charge is 2.17. The van der Waals surface area contributed by atoms with Gasteiger partial charge in [-0.15, -0.1) is 0 Å². The number of rotatable bonds is 7. The third-order valence-electron chi connectivity index (χ3n) is 3.97. The smallest absolute Gasteiger partial charge is 0.313 e. The van der Waals surface area contributed by atoms with Gasteiger partial charge >= 0.3 is 5.97 Å². The van der Waals surface area contributed by atoms with Crippen molar-refractivity contribution in [2.75, 3.05) is 18.8 Å². The van der Waals surface area contributed by atoms with Crippen molar-refractivity contribution in [3.05, 3.63) is 11.9 Å². The van der Waals surface area contributed by atoms with Crippen molar-refractivity contribution in [1.82, 2.24) is 14.5 Å². The molecule has 5 nitrogen and oxygen atoms in total. The van der Waals surface area contributed by atoms with Gasteiger partial charge in [-0.05, 0) is 39.7 Å². The molecule has 2 heterocycles. The molecule has 6 heteroatoms. The Morgan fingerprint density at radius 3 is 3.00 bits per heavy atom. The number of aryl methyl sites for hydroxylation is 2. The summed E-state index contributed by atoms with van der Waals surface area (Å²) >= 11 is 1.30. The summed E-state index contributed by atoms with van der Waals surface area (Å²) in [6.07, 6.45) is 7.08. The number of carboxylic acid groups (broad SMARTS) is 1. The molecule has 1 fully saturated rings. The number of hydrogen-bond donors (Lipinski definition) is 1. The van der Waals surface area contributed by atoms with Gasteiger partial charge in [0.1, 0.15) is 0 Å². The van der Waals surface area contributed by atoms with E-state index in [1.807, 2.05) is 13.1 Å². The van der Waals surface area contributed by atoms with Crippen LogP contribution in [0, 0.1) is 6.92 Å². The Bertz CT molecular complexity index is 475. The molecule has 0 spiro atoms. The highest BCUT2D eigenvalue weighted by atomic mass is 32.2. The second kappa shape index (κ2) is 7.84.